The van der Waals surface area contributed by atoms with Gasteiger partial charge in [0.05, 0.1) is 22.5 Å². The standard InChI is InChI=1S/C16H19N7O4S/c1-10-5-11(2)19-15(18-10)21(20-16(17-3)28-4)9-12-6-13(22(24)25)8-14(7-12)23(26)27/h5-8H,9H2,1-4H3,(H,17,20). The van der Waals surface area contributed by atoms with Crippen molar-refractivity contribution in [3.05, 3.63) is 61.4 Å². The van der Waals surface area contributed by atoms with Gasteiger partial charge >= 0.3 is 0 Å². The van der Waals surface area contributed by atoms with Gasteiger partial charge in [0, 0.05) is 30.6 Å². The zero-order valence-electron chi connectivity index (χ0n) is 15.7. The number of hydrogen-bond donors (Lipinski definition) is 1. The molecule has 0 saturated carbocycles. The Morgan fingerprint density at radius 3 is 2.07 bits per heavy atom. The van der Waals surface area contributed by atoms with E-state index in [1.807, 2.05) is 26.2 Å². The molecule has 2 aromatic rings. The normalized spacial score (nSPS) is 11.2. The van der Waals surface area contributed by atoms with E-state index in [-0.39, 0.29) is 17.9 Å². The number of hydrazine groups is 1. The SMILES string of the molecule is CN=C(NN(Cc1cc([N+](=O)[O-])cc([N+](=O)[O-])c1)c1nc(C)cc(C)n1)SC. The summed E-state index contributed by atoms with van der Waals surface area (Å²) in [5.74, 6) is 0.321. The van der Waals surface area contributed by atoms with Crippen LogP contribution in [0.5, 0.6) is 0 Å². The van der Waals surface area contributed by atoms with E-state index in [4.69, 9.17) is 0 Å². The van der Waals surface area contributed by atoms with Crippen LogP contribution in [0.1, 0.15) is 17.0 Å². The number of thioether (sulfide) groups is 1. The van der Waals surface area contributed by atoms with E-state index in [0.717, 1.165) is 17.5 Å². The summed E-state index contributed by atoms with van der Waals surface area (Å²) in [6.45, 7) is 3.68. The molecule has 0 aliphatic rings. The van der Waals surface area contributed by atoms with Crippen LogP contribution < -0.4 is 10.4 Å². The summed E-state index contributed by atoms with van der Waals surface area (Å²) in [6, 6.07) is 5.30. The molecule has 1 N–H and O–H groups in total. The van der Waals surface area contributed by atoms with E-state index in [1.165, 1.54) is 23.9 Å². The summed E-state index contributed by atoms with van der Waals surface area (Å²) in [5, 5.41) is 24.4. The van der Waals surface area contributed by atoms with Crippen LogP contribution >= 0.6 is 11.8 Å². The van der Waals surface area contributed by atoms with Gasteiger partial charge in [-0.3, -0.25) is 30.6 Å². The Morgan fingerprint density at radius 2 is 1.64 bits per heavy atom. The number of anilines is 1. The van der Waals surface area contributed by atoms with Gasteiger partial charge < -0.3 is 0 Å². The van der Waals surface area contributed by atoms with Crippen LogP contribution in [0.3, 0.4) is 0 Å². The molecule has 1 aromatic heterocycles. The zero-order valence-corrected chi connectivity index (χ0v) is 16.6. The van der Waals surface area contributed by atoms with Gasteiger partial charge in [-0.05, 0) is 31.7 Å². The molecule has 148 valence electrons. The fourth-order valence-electron chi connectivity index (χ4n) is 2.43. The first-order valence-electron chi connectivity index (χ1n) is 8.03. The van der Waals surface area contributed by atoms with Crippen LogP contribution in [0.25, 0.3) is 0 Å². The molecule has 0 fully saturated rings. The maximum atomic E-state index is 11.2. The fourth-order valence-corrected chi connectivity index (χ4v) is 2.82. The number of nitro benzene ring substituents is 2. The highest BCUT2D eigenvalue weighted by Crippen LogP contribution is 2.24. The summed E-state index contributed by atoms with van der Waals surface area (Å²) < 4.78 is 0. The Hall–Kier alpha value is -3.28. The van der Waals surface area contributed by atoms with Crippen molar-refractivity contribution in [2.24, 2.45) is 4.99 Å². The topological polar surface area (TPSA) is 140 Å². The van der Waals surface area contributed by atoms with Gasteiger partial charge in [-0.15, -0.1) is 0 Å². The second kappa shape index (κ2) is 9.08. The third-order valence-corrected chi connectivity index (χ3v) is 4.22. The van der Waals surface area contributed by atoms with Crippen molar-refractivity contribution in [1.29, 1.82) is 0 Å². The van der Waals surface area contributed by atoms with Crippen LogP contribution in [0, 0.1) is 34.1 Å². The first kappa shape index (κ1) is 21.0. The minimum Gasteiger partial charge on any atom is -0.274 e. The van der Waals surface area contributed by atoms with Crippen LogP contribution in [-0.4, -0.2) is 38.3 Å². The molecule has 0 unspecified atom stereocenters. The van der Waals surface area contributed by atoms with E-state index in [2.05, 4.69) is 20.4 Å². The van der Waals surface area contributed by atoms with Crippen LogP contribution in [0.2, 0.25) is 0 Å². The Morgan fingerprint density at radius 1 is 1.11 bits per heavy atom. The van der Waals surface area contributed by atoms with Gasteiger partial charge in [0.1, 0.15) is 0 Å². The quantitative estimate of drug-likeness (QED) is 0.332. The van der Waals surface area contributed by atoms with E-state index in [0.29, 0.717) is 16.7 Å². The average molecular weight is 405 g/mol. The lowest BCUT2D eigenvalue weighted by atomic mass is 10.1. The lowest BCUT2D eigenvalue weighted by Gasteiger charge is -2.25. The predicted molar refractivity (Wildman–Crippen MR) is 107 cm³/mol. The van der Waals surface area contributed by atoms with Crippen molar-refractivity contribution in [2.75, 3.05) is 18.3 Å². The third kappa shape index (κ3) is 5.36. The molecule has 11 nitrogen and oxygen atoms in total. The summed E-state index contributed by atoms with van der Waals surface area (Å²) >= 11 is 1.35. The maximum absolute atomic E-state index is 11.2. The number of aryl methyl sites for hydroxylation is 2. The molecule has 0 saturated heterocycles. The van der Waals surface area contributed by atoms with Gasteiger partial charge in [-0.25, -0.2) is 15.0 Å². The monoisotopic (exact) mass is 405 g/mol. The molecule has 0 aliphatic carbocycles. The Labute approximate surface area is 165 Å². The smallest absolute Gasteiger partial charge is 0.274 e. The number of nitrogens with one attached hydrogen (secondary N) is 1. The summed E-state index contributed by atoms with van der Waals surface area (Å²) in [4.78, 5) is 33.9. The van der Waals surface area contributed by atoms with E-state index < -0.39 is 9.85 Å². The lowest BCUT2D eigenvalue weighted by molar-refractivity contribution is -0.394. The van der Waals surface area contributed by atoms with Gasteiger partial charge in [0.2, 0.25) is 5.95 Å². The lowest BCUT2D eigenvalue weighted by Crippen LogP contribution is -2.42. The van der Waals surface area contributed by atoms with E-state index in [9.17, 15) is 20.2 Å². The number of amidine groups is 1. The Bertz CT molecular complexity index is 883. The number of hydrogen-bond acceptors (Lipinski definition) is 9. The Balaban J connectivity index is 2.50. The number of aliphatic imine (C=N–C) groups is 1. The summed E-state index contributed by atoms with van der Waals surface area (Å²) in [7, 11) is 1.61. The molecular weight excluding hydrogens is 386 g/mol. The second-order valence-electron chi connectivity index (χ2n) is 5.75. The predicted octanol–water partition coefficient (Wildman–Crippen LogP) is 2.77. The third-order valence-electron chi connectivity index (χ3n) is 3.56. The average Bonchev–Trinajstić information content (AvgIpc) is 2.63. The highest BCUT2D eigenvalue weighted by atomic mass is 32.2. The number of rotatable bonds is 6. The van der Waals surface area contributed by atoms with Crippen molar-refractivity contribution in [1.82, 2.24) is 15.4 Å². The molecule has 1 heterocycles. The van der Waals surface area contributed by atoms with Gasteiger partial charge in [0.25, 0.3) is 11.4 Å². The molecule has 1 aromatic carbocycles. The van der Waals surface area contributed by atoms with Crippen LogP contribution in [-0.2, 0) is 6.54 Å². The zero-order chi connectivity index (χ0) is 20.8. The molecule has 2 rings (SSSR count). The van der Waals surface area contributed by atoms with Crippen LogP contribution in [0.15, 0.2) is 29.3 Å². The van der Waals surface area contributed by atoms with Crippen molar-refractivity contribution in [2.45, 2.75) is 20.4 Å². The molecule has 0 aliphatic heterocycles. The van der Waals surface area contributed by atoms with Crippen molar-refractivity contribution < 1.29 is 9.85 Å². The van der Waals surface area contributed by atoms with Crippen molar-refractivity contribution in [3.63, 3.8) is 0 Å². The second-order valence-corrected chi connectivity index (χ2v) is 6.55. The maximum Gasteiger partial charge on any atom is 0.276 e. The molecule has 0 bridgehead atoms. The van der Waals surface area contributed by atoms with E-state index in [1.54, 1.807) is 12.1 Å². The number of nitrogens with zero attached hydrogens (tertiary/aromatic N) is 6. The van der Waals surface area contributed by atoms with Crippen molar-refractivity contribution >= 4 is 34.3 Å². The molecule has 12 heteroatoms. The highest BCUT2D eigenvalue weighted by molar-refractivity contribution is 8.13. The summed E-state index contributed by atoms with van der Waals surface area (Å²) in [5.41, 5.74) is 4.15. The van der Waals surface area contributed by atoms with Gasteiger partial charge in [-0.2, -0.15) is 0 Å². The van der Waals surface area contributed by atoms with Gasteiger partial charge in [0.15, 0.2) is 5.17 Å². The number of non-ortho nitro benzene ring substituents is 2. The molecule has 0 radical (unpaired) electrons. The number of aromatic nitrogens is 2. The summed E-state index contributed by atoms with van der Waals surface area (Å²) in [6.07, 6.45) is 1.83. The van der Waals surface area contributed by atoms with E-state index >= 15 is 0 Å². The largest absolute Gasteiger partial charge is 0.276 e. The van der Waals surface area contributed by atoms with Crippen LogP contribution in [0.4, 0.5) is 17.3 Å². The molecule has 0 atom stereocenters. The first-order chi connectivity index (χ1) is 13.2. The molecule has 28 heavy (non-hydrogen) atoms. The minimum atomic E-state index is -0.664. The highest BCUT2D eigenvalue weighted by Gasteiger charge is 2.20. The number of benzene rings is 1. The first-order valence-corrected chi connectivity index (χ1v) is 9.26. The molecular formula is C16H19N7O4S. The number of nitro groups is 2. The van der Waals surface area contributed by atoms with Crippen molar-refractivity contribution in [3.8, 4) is 0 Å². The fraction of sp³-hybridized carbons (Fsp3) is 0.312. The molecule has 0 spiro atoms. The molecule has 0 amide bonds. The Kier molecular flexibility index (Phi) is 6.82. The van der Waals surface area contributed by atoms with Gasteiger partial charge in [-0.1, -0.05) is 11.8 Å². The minimum absolute atomic E-state index is 0.0466.